The van der Waals surface area contributed by atoms with E-state index in [1.165, 1.54) is 12.8 Å². The first-order chi connectivity index (χ1) is 7.74. The van der Waals surface area contributed by atoms with E-state index in [1.807, 2.05) is 17.8 Å². The molecule has 4 heteroatoms. The first-order valence-electron chi connectivity index (χ1n) is 5.91. The van der Waals surface area contributed by atoms with Crippen molar-refractivity contribution in [1.29, 1.82) is 0 Å². The quantitative estimate of drug-likeness (QED) is 0.739. The molecule has 3 heterocycles. The number of Topliss-reactive ketones (excluding diaryl/α,β-unsaturated/α-hetero) is 1. The fourth-order valence-electron chi connectivity index (χ4n) is 2.86. The van der Waals surface area contributed by atoms with E-state index >= 15 is 0 Å². The van der Waals surface area contributed by atoms with Gasteiger partial charge in [0, 0.05) is 35.9 Å². The van der Waals surface area contributed by atoms with Crippen molar-refractivity contribution >= 4 is 17.5 Å². The molecule has 1 aromatic rings. The number of nitrogens with zero attached hydrogens (tertiary/aromatic N) is 2. The first-order valence-corrected chi connectivity index (χ1v) is 6.85. The molecule has 86 valence electrons. The standard InChI is InChI=1S/C12H16N2OS/c1-14-5-4-13-12(14)11(15)8-6-9-2-3-10(7-8)16-9/h4-5,8-10H,2-3,6-7H2,1H3. The van der Waals surface area contributed by atoms with Crippen molar-refractivity contribution in [1.82, 2.24) is 9.55 Å². The van der Waals surface area contributed by atoms with Crippen LogP contribution in [0.25, 0.3) is 0 Å². The summed E-state index contributed by atoms with van der Waals surface area (Å²) < 4.78 is 1.84. The molecule has 2 atom stereocenters. The van der Waals surface area contributed by atoms with E-state index in [4.69, 9.17) is 0 Å². The highest BCUT2D eigenvalue weighted by atomic mass is 32.2. The lowest BCUT2D eigenvalue weighted by Crippen LogP contribution is -2.26. The third-order valence-corrected chi connectivity index (χ3v) is 5.33. The molecule has 16 heavy (non-hydrogen) atoms. The van der Waals surface area contributed by atoms with Crippen molar-refractivity contribution < 1.29 is 4.79 Å². The third-order valence-electron chi connectivity index (χ3n) is 3.70. The monoisotopic (exact) mass is 236 g/mol. The minimum absolute atomic E-state index is 0.222. The summed E-state index contributed by atoms with van der Waals surface area (Å²) in [4.78, 5) is 16.5. The predicted molar refractivity (Wildman–Crippen MR) is 64.7 cm³/mol. The summed E-state index contributed by atoms with van der Waals surface area (Å²) in [6.45, 7) is 0. The molecule has 0 N–H and O–H groups in total. The van der Waals surface area contributed by atoms with Gasteiger partial charge in [-0.15, -0.1) is 0 Å². The van der Waals surface area contributed by atoms with Crippen LogP contribution in [0.5, 0.6) is 0 Å². The first kappa shape index (κ1) is 10.4. The van der Waals surface area contributed by atoms with Crippen molar-refractivity contribution in [3.8, 4) is 0 Å². The SMILES string of the molecule is Cn1ccnc1C(=O)C1CC2CCC(C1)S2. The van der Waals surface area contributed by atoms with Crippen molar-refractivity contribution in [2.24, 2.45) is 13.0 Å². The molecule has 3 rings (SSSR count). The number of hydrogen-bond acceptors (Lipinski definition) is 3. The molecular weight excluding hydrogens is 220 g/mol. The average Bonchev–Trinajstić information content (AvgIpc) is 2.84. The van der Waals surface area contributed by atoms with Crippen LogP contribution in [-0.2, 0) is 7.05 Å². The van der Waals surface area contributed by atoms with Crippen molar-refractivity contribution in [2.45, 2.75) is 36.2 Å². The molecule has 0 radical (unpaired) electrons. The molecule has 3 nitrogen and oxygen atoms in total. The highest BCUT2D eigenvalue weighted by molar-refractivity contribution is 8.00. The number of ketones is 1. The molecule has 0 aromatic carbocycles. The molecule has 0 saturated carbocycles. The lowest BCUT2D eigenvalue weighted by molar-refractivity contribution is 0.0893. The summed E-state index contributed by atoms with van der Waals surface area (Å²) in [5.74, 6) is 1.11. The fourth-order valence-corrected chi connectivity index (χ4v) is 4.63. The maximum atomic E-state index is 12.3. The number of thioether (sulfide) groups is 1. The van der Waals surface area contributed by atoms with Crippen LogP contribution < -0.4 is 0 Å². The van der Waals surface area contributed by atoms with E-state index in [0.717, 1.165) is 23.3 Å². The van der Waals surface area contributed by atoms with E-state index in [0.29, 0.717) is 5.82 Å². The van der Waals surface area contributed by atoms with Crippen LogP contribution in [-0.4, -0.2) is 25.8 Å². The molecule has 0 amide bonds. The molecule has 0 aliphatic carbocycles. The molecule has 1 aromatic heterocycles. The van der Waals surface area contributed by atoms with Gasteiger partial charge in [-0.05, 0) is 25.7 Å². The second-order valence-corrected chi connectivity index (χ2v) is 6.46. The fraction of sp³-hybridized carbons (Fsp3) is 0.667. The summed E-state index contributed by atoms with van der Waals surface area (Å²) in [6, 6.07) is 0. The van der Waals surface area contributed by atoms with Crippen LogP contribution in [0.3, 0.4) is 0 Å². The molecule has 2 unspecified atom stereocenters. The average molecular weight is 236 g/mol. The number of imidazole rings is 1. The molecule has 2 aliphatic heterocycles. The zero-order chi connectivity index (χ0) is 11.1. The van der Waals surface area contributed by atoms with Gasteiger partial charge in [0.05, 0.1) is 0 Å². The van der Waals surface area contributed by atoms with Gasteiger partial charge in [0.25, 0.3) is 0 Å². The van der Waals surface area contributed by atoms with E-state index in [-0.39, 0.29) is 11.7 Å². The van der Waals surface area contributed by atoms with E-state index < -0.39 is 0 Å². The number of rotatable bonds is 2. The number of fused-ring (bicyclic) bond motifs is 2. The minimum atomic E-state index is 0.222. The summed E-state index contributed by atoms with van der Waals surface area (Å²) in [5.41, 5.74) is 0. The Balaban J connectivity index is 1.79. The predicted octanol–water partition coefficient (Wildman–Crippen LogP) is 2.28. The molecular formula is C12H16N2OS. The van der Waals surface area contributed by atoms with Crippen LogP contribution in [0.4, 0.5) is 0 Å². The normalized spacial score (nSPS) is 32.9. The van der Waals surface area contributed by atoms with Gasteiger partial charge in [0.2, 0.25) is 5.78 Å². The van der Waals surface area contributed by atoms with Crippen LogP contribution in [0.1, 0.15) is 36.3 Å². The Morgan fingerprint density at radius 2 is 2.12 bits per heavy atom. The van der Waals surface area contributed by atoms with E-state index in [9.17, 15) is 4.79 Å². The summed E-state index contributed by atoms with van der Waals surface area (Å²) in [7, 11) is 1.90. The number of carbonyl (C=O) groups is 1. The van der Waals surface area contributed by atoms with Gasteiger partial charge < -0.3 is 4.57 Å². The van der Waals surface area contributed by atoms with Crippen LogP contribution in [0.2, 0.25) is 0 Å². The van der Waals surface area contributed by atoms with Crippen molar-refractivity contribution in [3.63, 3.8) is 0 Å². The van der Waals surface area contributed by atoms with Crippen molar-refractivity contribution in [3.05, 3.63) is 18.2 Å². The maximum Gasteiger partial charge on any atom is 0.201 e. The van der Waals surface area contributed by atoms with E-state index in [1.54, 1.807) is 6.20 Å². The van der Waals surface area contributed by atoms with Gasteiger partial charge in [-0.1, -0.05) is 0 Å². The highest BCUT2D eigenvalue weighted by Gasteiger charge is 2.38. The lowest BCUT2D eigenvalue weighted by atomic mass is 9.94. The van der Waals surface area contributed by atoms with Crippen LogP contribution >= 0.6 is 11.8 Å². The lowest BCUT2D eigenvalue weighted by Gasteiger charge is -2.25. The molecule has 0 spiro atoms. The number of aryl methyl sites for hydroxylation is 1. The van der Waals surface area contributed by atoms with Gasteiger partial charge >= 0.3 is 0 Å². The third kappa shape index (κ3) is 1.69. The van der Waals surface area contributed by atoms with Gasteiger partial charge in [-0.3, -0.25) is 4.79 Å². The topological polar surface area (TPSA) is 34.9 Å². The Bertz CT molecular complexity index is 403. The summed E-state index contributed by atoms with van der Waals surface area (Å²) in [5, 5.41) is 1.46. The highest BCUT2D eigenvalue weighted by Crippen LogP contribution is 2.46. The smallest absolute Gasteiger partial charge is 0.201 e. The second-order valence-electron chi connectivity index (χ2n) is 4.85. The second kappa shape index (κ2) is 3.91. The molecule has 2 bridgehead atoms. The zero-order valence-corrected chi connectivity index (χ0v) is 10.2. The Labute approximate surface area is 99.6 Å². The molecule has 2 fully saturated rings. The summed E-state index contributed by atoms with van der Waals surface area (Å²) in [6.07, 6.45) is 8.29. The largest absolute Gasteiger partial charge is 0.332 e. The van der Waals surface area contributed by atoms with E-state index in [2.05, 4.69) is 16.7 Å². The van der Waals surface area contributed by atoms with Gasteiger partial charge in [0.15, 0.2) is 5.82 Å². The molecule has 2 aliphatic rings. The Hall–Kier alpha value is -0.770. The Morgan fingerprint density at radius 3 is 2.69 bits per heavy atom. The van der Waals surface area contributed by atoms with Gasteiger partial charge in [-0.25, -0.2) is 4.98 Å². The van der Waals surface area contributed by atoms with Gasteiger partial charge in [-0.2, -0.15) is 11.8 Å². The Kier molecular flexibility index (Phi) is 2.54. The summed E-state index contributed by atoms with van der Waals surface area (Å²) >= 11 is 2.10. The number of aromatic nitrogens is 2. The minimum Gasteiger partial charge on any atom is -0.332 e. The van der Waals surface area contributed by atoms with Crippen molar-refractivity contribution in [2.75, 3.05) is 0 Å². The number of hydrogen-bond donors (Lipinski definition) is 0. The van der Waals surface area contributed by atoms with Gasteiger partial charge in [0.1, 0.15) is 0 Å². The number of carbonyl (C=O) groups excluding carboxylic acids is 1. The zero-order valence-electron chi connectivity index (χ0n) is 9.43. The van der Waals surface area contributed by atoms with Crippen LogP contribution in [0, 0.1) is 5.92 Å². The Morgan fingerprint density at radius 1 is 1.44 bits per heavy atom. The molecule has 2 saturated heterocycles. The van der Waals surface area contributed by atoms with Crippen LogP contribution in [0.15, 0.2) is 12.4 Å². The maximum absolute atomic E-state index is 12.3.